The second-order valence-corrected chi connectivity index (χ2v) is 4.43. The van der Waals surface area contributed by atoms with E-state index in [0.717, 1.165) is 0 Å². The van der Waals surface area contributed by atoms with Crippen LogP contribution in [0.4, 0.5) is 4.79 Å². The number of carbonyl (C=O) groups excluding carboxylic acids is 2. The zero-order valence-electron chi connectivity index (χ0n) is 9.43. The van der Waals surface area contributed by atoms with Crippen molar-refractivity contribution < 1.29 is 9.59 Å². The van der Waals surface area contributed by atoms with Crippen molar-refractivity contribution in [2.75, 3.05) is 6.54 Å². The molecule has 1 aliphatic heterocycles. The zero-order valence-corrected chi connectivity index (χ0v) is 9.43. The van der Waals surface area contributed by atoms with Gasteiger partial charge in [-0.25, -0.2) is 4.79 Å². The molecule has 5 heteroatoms. The summed E-state index contributed by atoms with van der Waals surface area (Å²) in [5.41, 5.74) is -0.770. The molecule has 1 N–H and O–H groups in total. The van der Waals surface area contributed by atoms with Gasteiger partial charge in [0, 0.05) is 25.5 Å². The number of urea groups is 1. The minimum atomic E-state index is -0.770. The zero-order chi connectivity index (χ0) is 11.8. The highest BCUT2D eigenvalue weighted by molar-refractivity contribution is 6.06. The van der Waals surface area contributed by atoms with Crippen LogP contribution in [-0.4, -0.2) is 33.5 Å². The fourth-order valence-electron chi connectivity index (χ4n) is 1.76. The average molecular weight is 221 g/mol. The van der Waals surface area contributed by atoms with Crippen molar-refractivity contribution in [1.82, 2.24) is 14.8 Å². The van der Waals surface area contributed by atoms with Crippen molar-refractivity contribution in [2.24, 2.45) is 0 Å². The molecule has 2 heterocycles. The van der Waals surface area contributed by atoms with Crippen molar-refractivity contribution in [3.05, 3.63) is 24.5 Å². The molecule has 1 fully saturated rings. The Hall–Kier alpha value is -1.78. The van der Waals surface area contributed by atoms with Gasteiger partial charge in [0.05, 0.1) is 0 Å². The van der Waals surface area contributed by atoms with Crippen LogP contribution in [0.25, 0.3) is 0 Å². The number of hydrogen-bond donors (Lipinski definition) is 1. The van der Waals surface area contributed by atoms with Crippen LogP contribution in [0.1, 0.15) is 13.8 Å². The normalized spacial score (nSPS) is 19.0. The van der Waals surface area contributed by atoms with Gasteiger partial charge in [-0.2, -0.15) is 0 Å². The van der Waals surface area contributed by atoms with Gasteiger partial charge in [0.25, 0.3) is 5.91 Å². The van der Waals surface area contributed by atoms with E-state index in [9.17, 15) is 9.59 Å². The number of rotatable bonds is 3. The van der Waals surface area contributed by atoms with Gasteiger partial charge < -0.3 is 9.88 Å². The third-order valence-corrected chi connectivity index (χ3v) is 2.69. The molecule has 0 radical (unpaired) electrons. The third kappa shape index (κ3) is 1.80. The summed E-state index contributed by atoms with van der Waals surface area (Å²) >= 11 is 0. The Morgan fingerprint density at radius 3 is 2.31 bits per heavy atom. The van der Waals surface area contributed by atoms with E-state index in [-0.39, 0.29) is 11.9 Å². The highest BCUT2D eigenvalue weighted by Gasteiger charge is 2.43. The van der Waals surface area contributed by atoms with Crippen LogP contribution in [0.5, 0.6) is 0 Å². The highest BCUT2D eigenvalue weighted by atomic mass is 16.2. The van der Waals surface area contributed by atoms with Crippen LogP contribution >= 0.6 is 0 Å². The lowest BCUT2D eigenvalue weighted by atomic mass is 10.1. The van der Waals surface area contributed by atoms with Gasteiger partial charge >= 0.3 is 6.03 Å². The molecule has 0 unspecified atom stereocenters. The third-order valence-electron chi connectivity index (χ3n) is 2.69. The SMILES string of the molecule is CC1(C)NC(=O)N(CCn2cccc2)C1=O. The molecule has 0 aliphatic carbocycles. The van der Waals surface area contributed by atoms with E-state index in [1.165, 1.54) is 4.90 Å². The largest absolute Gasteiger partial charge is 0.352 e. The van der Waals surface area contributed by atoms with Crippen LogP contribution in [0.3, 0.4) is 0 Å². The maximum absolute atomic E-state index is 11.8. The molecular weight excluding hydrogens is 206 g/mol. The average Bonchev–Trinajstić information content (AvgIpc) is 2.74. The molecule has 0 saturated carbocycles. The maximum Gasteiger partial charge on any atom is 0.325 e. The summed E-state index contributed by atoms with van der Waals surface area (Å²) in [5, 5.41) is 2.65. The number of nitrogens with zero attached hydrogens (tertiary/aromatic N) is 2. The Kier molecular flexibility index (Phi) is 2.46. The van der Waals surface area contributed by atoms with Gasteiger partial charge in [-0.3, -0.25) is 9.69 Å². The van der Waals surface area contributed by atoms with Crippen molar-refractivity contribution in [1.29, 1.82) is 0 Å². The van der Waals surface area contributed by atoms with E-state index < -0.39 is 5.54 Å². The second kappa shape index (κ2) is 3.66. The summed E-state index contributed by atoms with van der Waals surface area (Å²) in [4.78, 5) is 24.6. The van der Waals surface area contributed by atoms with Crippen LogP contribution in [-0.2, 0) is 11.3 Å². The summed E-state index contributed by atoms with van der Waals surface area (Å²) in [7, 11) is 0. The summed E-state index contributed by atoms with van der Waals surface area (Å²) < 4.78 is 1.94. The Morgan fingerprint density at radius 1 is 1.19 bits per heavy atom. The van der Waals surface area contributed by atoms with Crippen molar-refractivity contribution in [3.63, 3.8) is 0 Å². The monoisotopic (exact) mass is 221 g/mol. The predicted octanol–water partition coefficient (Wildman–Crippen LogP) is 0.818. The topological polar surface area (TPSA) is 54.3 Å². The first kappa shape index (κ1) is 10.7. The quantitative estimate of drug-likeness (QED) is 0.768. The Bertz CT molecular complexity index is 409. The molecular formula is C11H15N3O2. The van der Waals surface area contributed by atoms with E-state index in [0.29, 0.717) is 13.1 Å². The van der Waals surface area contributed by atoms with E-state index in [2.05, 4.69) is 5.32 Å². The number of hydrogen-bond acceptors (Lipinski definition) is 2. The lowest BCUT2D eigenvalue weighted by Gasteiger charge is -2.16. The number of carbonyl (C=O) groups is 2. The van der Waals surface area contributed by atoms with Crippen LogP contribution in [0.15, 0.2) is 24.5 Å². The fourth-order valence-corrected chi connectivity index (χ4v) is 1.76. The molecule has 0 atom stereocenters. The first-order valence-electron chi connectivity index (χ1n) is 5.25. The van der Waals surface area contributed by atoms with Crippen LogP contribution < -0.4 is 5.32 Å². The molecule has 2 rings (SSSR count). The standard InChI is InChI=1S/C11H15N3O2/c1-11(2)9(15)14(10(16)12-11)8-7-13-5-3-4-6-13/h3-6H,7-8H2,1-2H3,(H,12,16). The summed E-state index contributed by atoms with van der Waals surface area (Å²) in [6.45, 7) is 4.46. The van der Waals surface area contributed by atoms with E-state index in [4.69, 9.17) is 0 Å². The van der Waals surface area contributed by atoms with Crippen LogP contribution in [0.2, 0.25) is 0 Å². The van der Waals surface area contributed by atoms with Gasteiger partial charge in [0.15, 0.2) is 0 Å². The maximum atomic E-state index is 11.8. The van der Waals surface area contributed by atoms with Gasteiger partial charge in [-0.1, -0.05) is 0 Å². The van der Waals surface area contributed by atoms with E-state index in [1.807, 2.05) is 29.1 Å². The van der Waals surface area contributed by atoms with Crippen molar-refractivity contribution in [2.45, 2.75) is 25.9 Å². The van der Waals surface area contributed by atoms with Crippen molar-refractivity contribution >= 4 is 11.9 Å². The number of nitrogens with one attached hydrogen (secondary N) is 1. The molecule has 1 aromatic rings. The van der Waals surface area contributed by atoms with E-state index >= 15 is 0 Å². The minimum absolute atomic E-state index is 0.162. The number of imide groups is 1. The second-order valence-electron chi connectivity index (χ2n) is 4.43. The molecule has 5 nitrogen and oxygen atoms in total. The molecule has 3 amide bonds. The summed E-state index contributed by atoms with van der Waals surface area (Å²) in [5.74, 6) is -0.162. The smallest absolute Gasteiger partial charge is 0.325 e. The van der Waals surface area contributed by atoms with E-state index in [1.54, 1.807) is 13.8 Å². The number of amides is 3. The first-order valence-corrected chi connectivity index (χ1v) is 5.25. The van der Waals surface area contributed by atoms with Gasteiger partial charge in [0.2, 0.25) is 0 Å². The molecule has 0 spiro atoms. The molecule has 0 aromatic carbocycles. The lowest BCUT2D eigenvalue weighted by molar-refractivity contribution is -0.130. The molecule has 1 saturated heterocycles. The Labute approximate surface area is 94.0 Å². The minimum Gasteiger partial charge on any atom is -0.352 e. The van der Waals surface area contributed by atoms with Crippen LogP contribution in [0, 0.1) is 0 Å². The Morgan fingerprint density at radius 2 is 1.81 bits per heavy atom. The highest BCUT2D eigenvalue weighted by Crippen LogP contribution is 2.16. The summed E-state index contributed by atoms with van der Waals surface area (Å²) in [6.07, 6.45) is 3.81. The summed E-state index contributed by atoms with van der Waals surface area (Å²) in [6, 6.07) is 3.52. The molecule has 1 aliphatic rings. The predicted molar refractivity (Wildman–Crippen MR) is 58.8 cm³/mol. The fraction of sp³-hybridized carbons (Fsp3) is 0.455. The molecule has 16 heavy (non-hydrogen) atoms. The Balaban J connectivity index is 2.00. The number of aromatic nitrogens is 1. The molecule has 1 aromatic heterocycles. The van der Waals surface area contributed by atoms with Gasteiger partial charge in [-0.05, 0) is 26.0 Å². The first-order chi connectivity index (χ1) is 7.50. The van der Waals surface area contributed by atoms with Gasteiger partial charge in [-0.15, -0.1) is 0 Å². The van der Waals surface area contributed by atoms with Gasteiger partial charge in [0.1, 0.15) is 5.54 Å². The molecule has 86 valence electrons. The lowest BCUT2D eigenvalue weighted by Crippen LogP contribution is -2.40. The molecule has 0 bridgehead atoms. The van der Waals surface area contributed by atoms with Crippen molar-refractivity contribution in [3.8, 4) is 0 Å².